The van der Waals surface area contributed by atoms with Crippen LogP contribution in [-0.2, 0) is 0 Å². The van der Waals surface area contributed by atoms with Crippen molar-refractivity contribution in [2.45, 2.75) is 13.8 Å². The monoisotopic (exact) mass is 150 g/mol. The zero-order valence-electron chi connectivity index (χ0n) is 6.76. The first kappa shape index (κ1) is 7.99. The van der Waals surface area contributed by atoms with Crippen molar-refractivity contribution in [2.24, 2.45) is 0 Å². The summed E-state index contributed by atoms with van der Waals surface area (Å²) in [6.45, 7) is 3.98. The van der Waals surface area contributed by atoms with Gasteiger partial charge in [0.05, 0.1) is 0 Å². The minimum atomic E-state index is -0.181. The van der Waals surface area contributed by atoms with Gasteiger partial charge in [0, 0.05) is 0 Å². The molecule has 58 valence electrons. The zero-order chi connectivity index (χ0) is 8.27. The number of allylic oxidation sites excluding steroid dienone is 1. The largest absolute Gasteiger partial charge is 0.207 e. The summed E-state index contributed by atoms with van der Waals surface area (Å²) in [7, 11) is 0. The van der Waals surface area contributed by atoms with E-state index in [1.807, 2.05) is 26.0 Å². The van der Waals surface area contributed by atoms with E-state index >= 15 is 0 Å². The van der Waals surface area contributed by atoms with Gasteiger partial charge in [-0.1, -0.05) is 23.8 Å². The molecular formula is C10H11F. The maximum Gasteiger partial charge on any atom is 0.123 e. The van der Waals surface area contributed by atoms with Gasteiger partial charge in [-0.05, 0) is 31.5 Å². The van der Waals surface area contributed by atoms with Gasteiger partial charge in [0.1, 0.15) is 5.82 Å². The van der Waals surface area contributed by atoms with Crippen LogP contribution in [0.2, 0.25) is 0 Å². The molecule has 0 unspecified atom stereocenters. The van der Waals surface area contributed by atoms with Gasteiger partial charge in [-0.3, -0.25) is 0 Å². The topological polar surface area (TPSA) is 0 Å². The third-order valence-corrected chi connectivity index (χ3v) is 1.30. The summed E-state index contributed by atoms with van der Waals surface area (Å²) < 4.78 is 12.6. The lowest BCUT2D eigenvalue weighted by atomic mass is 10.1. The van der Waals surface area contributed by atoms with E-state index in [0.29, 0.717) is 0 Å². The third-order valence-electron chi connectivity index (χ3n) is 1.30. The van der Waals surface area contributed by atoms with Gasteiger partial charge in [0.15, 0.2) is 0 Å². The number of rotatable bonds is 1. The minimum Gasteiger partial charge on any atom is -0.207 e. The SMILES string of the molecule is CC(C)=Cc1cccc(F)c1. The highest BCUT2D eigenvalue weighted by atomic mass is 19.1. The molecule has 0 aliphatic carbocycles. The van der Waals surface area contributed by atoms with E-state index in [4.69, 9.17) is 0 Å². The standard InChI is InChI=1S/C10H11F/c1-8(2)6-9-4-3-5-10(11)7-9/h3-7H,1-2H3. The predicted octanol–water partition coefficient (Wildman–Crippen LogP) is 3.25. The van der Waals surface area contributed by atoms with Crippen molar-refractivity contribution in [3.63, 3.8) is 0 Å². The first-order valence-corrected chi connectivity index (χ1v) is 3.59. The first-order valence-electron chi connectivity index (χ1n) is 3.59. The molecule has 0 heterocycles. The van der Waals surface area contributed by atoms with Crippen LogP contribution >= 0.6 is 0 Å². The van der Waals surface area contributed by atoms with E-state index in [2.05, 4.69) is 0 Å². The van der Waals surface area contributed by atoms with Crippen LogP contribution in [0.4, 0.5) is 4.39 Å². The van der Waals surface area contributed by atoms with Gasteiger partial charge in [-0.25, -0.2) is 4.39 Å². The molecule has 0 aliphatic rings. The Morgan fingerprint density at radius 3 is 2.64 bits per heavy atom. The van der Waals surface area contributed by atoms with E-state index in [-0.39, 0.29) is 5.82 Å². The molecule has 0 radical (unpaired) electrons. The molecule has 0 amide bonds. The number of hydrogen-bond donors (Lipinski definition) is 0. The van der Waals surface area contributed by atoms with Crippen molar-refractivity contribution in [2.75, 3.05) is 0 Å². The Balaban J connectivity index is 2.97. The van der Waals surface area contributed by atoms with Crippen LogP contribution in [0.5, 0.6) is 0 Å². The van der Waals surface area contributed by atoms with Crippen molar-refractivity contribution in [1.29, 1.82) is 0 Å². The highest BCUT2D eigenvalue weighted by molar-refractivity contribution is 5.51. The molecule has 0 fully saturated rings. The van der Waals surface area contributed by atoms with Crippen molar-refractivity contribution >= 4 is 6.08 Å². The van der Waals surface area contributed by atoms with E-state index in [0.717, 1.165) is 5.56 Å². The fourth-order valence-corrected chi connectivity index (χ4v) is 0.930. The summed E-state index contributed by atoms with van der Waals surface area (Å²) in [6.07, 6.45) is 1.95. The molecular weight excluding hydrogens is 139 g/mol. The lowest BCUT2D eigenvalue weighted by Gasteiger charge is -1.93. The Morgan fingerprint density at radius 1 is 1.36 bits per heavy atom. The second-order valence-electron chi connectivity index (χ2n) is 2.78. The average molecular weight is 150 g/mol. The molecule has 0 nitrogen and oxygen atoms in total. The average Bonchev–Trinajstić information content (AvgIpc) is 1.85. The fourth-order valence-electron chi connectivity index (χ4n) is 0.930. The van der Waals surface area contributed by atoms with E-state index < -0.39 is 0 Å². The fraction of sp³-hybridized carbons (Fsp3) is 0.200. The second kappa shape index (κ2) is 3.33. The van der Waals surface area contributed by atoms with Crippen LogP contribution in [0, 0.1) is 5.82 Å². The summed E-state index contributed by atoms with van der Waals surface area (Å²) in [6, 6.07) is 6.56. The summed E-state index contributed by atoms with van der Waals surface area (Å²) in [5.74, 6) is -0.181. The summed E-state index contributed by atoms with van der Waals surface area (Å²) in [4.78, 5) is 0. The molecule has 1 rings (SSSR count). The lowest BCUT2D eigenvalue weighted by molar-refractivity contribution is 0.627. The molecule has 11 heavy (non-hydrogen) atoms. The Bertz CT molecular complexity index is 270. The normalized spacial score (nSPS) is 9.36. The molecule has 0 aromatic heterocycles. The van der Waals surface area contributed by atoms with Crippen LogP contribution < -0.4 is 0 Å². The highest BCUT2D eigenvalue weighted by Gasteiger charge is 1.89. The highest BCUT2D eigenvalue weighted by Crippen LogP contribution is 2.07. The molecule has 0 aliphatic heterocycles. The van der Waals surface area contributed by atoms with E-state index in [1.54, 1.807) is 6.07 Å². The van der Waals surface area contributed by atoms with Gasteiger partial charge < -0.3 is 0 Å². The van der Waals surface area contributed by atoms with Crippen molar-refractivity contribution < 1.29 is 4.39 Å². The molecule has 0 saturated heterocycles. The maximum absolute atomic E-state index is 12.6. The van der Waals surface area contributed by atoms with Crippen LogP contribution in [-0.4, -0.2) is 0 Å². The Morgan fingerprint density at radius 2 is 2.09 bits per heavy atom. The lowest BCUT2D eigenvalue weighted by Crippen LogP contribution is -1.75. The summed E-state index contributed by atoms with van der Waals surface area (Å²) >= 11 is 0. The summed E-state index contributed by atoms with van der Waals surface area (Å²) in [5, 5.41) is 0. The molecule has 0 atom stereocenters. The Labute approximate surface area is 66.4 Å². The summed E-state index contributed by atoms with van der Waals surface area (Å²) in [5.41, 5.74) is 2.10. The first-order chi connectivity index (χ1) is 5.18. The molecule has 0 spiro atoms. The van der Waals surface area contributed by atoms with Gasteiger partial charge in [0.2, 0.25) is 0 Å². The molecule has 1 heteroatoms. The minimum absolute atomic E-state index is 0.181. The maximum atomic E-state index is 12.6. The van der Waals surface area contributed by atoms with Crippen molar-refractivity contribution in [3.05, 3.63) is 41.2 Å². The van der Waals surface area contributed by atoms with Crippen LogP contribution in [0.3, 0.4) is 0 Å². The quantitative estimate of drug-likeness (QED) is 0.576. The third kappa shape index (κ3) is 2.54. The number of benzene rings is 1. The van der Waals surface area contributed by atoms with Gasteiger partial charge in [-0.2, -0.15) is 0 Å². The second-order valence-corrected chi connectivity index (χ2v) is 2.78. The van der Waals surface area contributed by atoms with E-state index in [9.17, 15) is 4.39 Å². The smallest absolute Gasteiger partial charge is 0.123 e. The number of halogens is 1. The van der Waals surface area contributed by atoms with Crippen molar-refractivity contribution in [3.8, 4) is 0 Å². The molecule has 0 N–H and O–H groups in total. The zero-order valence-corrected chi connectivity index (χ0v) is 6.76. The number of hydrogen-bond acceptors (Lipinski definition) is 0. The van der Waals surface area contributed by atoms with Crippen LogP contribution in [0.1, 0.15) is 19.4 Å². The van der Waals surface area contributed by atoms with E-state index in [1.165, 1.54) is 17.7 Å². The van der Waals surface area contributed by atoms with Crippen LogP contribution in [0.25, 0.3) is 6.08 Å². The van der Waals surface area contributed by atoms with Gasteiger partial charge in [0.25, 0.3) is 0 Å². The van der Waals surface area contributed by atoms with Crippen LogP contribution in [0.15, 0.2) is 29.8 Å². The molecule has 0 bridgehead atoms. The van der Waals surface area contributed by atoms with Crippen molar-refractivity contribution in [1.82, 2.24) is 0 Å². The Hall–Kier alpha value is -1.11. The Kier molecular flexibility index (Phi) is 2.42. The van der Waals surface area contributed by atoms with Gasteiger partial charge in [-0.15, -0.1) is 0 Å². The predicted molar refractivity (Wildman–Crippen MR) is 45.7 cm³/mol. The molecule has 0 saturated carbocycles. The molecule has 1 aromatic rings. The van der Waals surface area contributed by atoms with Gasteiger partial charge >= 0.3 is 0 Å². The molecule has 1 aromatic carbocycles.